The molecule has 2 aromatic rings. The molecular weight excluding hydrogens is 392 g/mol. The van der Waals surface area contributed by atoms with Crippen LogP contribution in [0.5, 0.6) is 0 Å². The number of amides is 1. The van der Waals surface area contributed by atoms with E-state index in [4.69, 9.17) is 16.3 Å². The van der Waals surface area contributed by atoms with Gasteiger partial charge in [-0.1, -0.05) is 24.6 Å². The quantitative estimate of drug-likeness (QED) is 0.650. The van der Waals surface area contributed by atoms with Gasteiger partial charge in [-0.3, -0.25) is 9.52 Å². The number of benzene rings is 2. The third-order valence-electron chi connectivity index (χ3n) is 3.31. The molecule has 2 rings (SSSR count). The summed E-state index contributed by atoms with van der Waals surface area (Å²) in [4.78, 5) is 23.9. The van der Waals surface area contributed by atoms with Crippen LogP contribution in [0.2, 0.25) is 5.02 Å². The second-order valence-corrected chi connectivity index (χ2v) is 7.91. The Bertz CT molecular complexity index is 914. The number of esters is 1. The smallest absolute Gasteiger partial charge is 0.338 e. The normalized spacial score (nSPS) is 10.9. The largest absolute Gasteiger partial charge is 0.452 e. The summed E-state index contributed by atoms with van der Waals surface area (Å²) in [6.45, 7) is 1.27. The number of carbonyl (C=O) groups is 2. The summed E-state index contributed by atoms with van der Waals surface area (Å²) in [6, 6.07) is 12.3. The number of hydrogen-bond acceptors (Lipinski definition) is 5. The average Bonchev–Trinajstić information content (AvgIpc) is 2.61. The van der Waals surface area contributed by atoms with Gasteiger partial charge < -0.3 is 10.1 Å². The predicted molar refractivity (Wildman–Crippen MR) is 105 cm³/mol. The summed E-state index contributed by atoms with van der Waals surface area (Å²) >= 11 is 5.76. The molecular formula is C18H19ClN2O5S. The molecule has 0 heterocycles. The number of carbonyl (C=O) groups excluding carboxylic acids is 2. The van der Waals surface area contributed by atoms with Crippen molar-refractivity contribution in [2.45, 2.75) is 13.3 Å². The van der Waals surface area contributed by atoms with Gasteiger partial charge in [0.1, 0.15) is 0 Å². The van der Waals surface area contributed by atoms with Crippen molar-refractivity contribution in [1.29, 1.82) is 0 Å². The first kappa shape index (κ1) is 20.7. The fraction of sp³-hybridized carbons (Fsp3) is 0.222. The second-order valence-electron chi connectivity index (χ2n) is 5.63. The molecule has 2 aromatic carbocycles. The molecule has 0 aliphatic carbocycles. The third kappa shape index (κ3) is 6.92. The molecule has 0 aliphatic heterocycles. The predicted octanol–water partition coefficient (Wildman–Crippen LogP) is 3.29. The molecule has 0 saturated heterocycles. The van der Waals surface area contributed by atoms with Crippen LogP contribution >= 0.6 is 11.6 Å². The van der Waals surface area contributed by atoms with E-state index in [-0.39, 0.29) is 17.0 Å². The minimum absolute atomic E-state index is 0.0213. The Kier molecular flexibility index (Phi) is 7.20. The van der Waals surface area contributed by atoms with E-state index in [1.807, 2.05) is 0 Å². The van der Waals surface area contributed by atoms with Crippen LogP contribution in [0.25, 0.3) is 0 Å². The topological polar surface area (TPSA) is 102 Å². The van der Waals surface area contributed by atoms with E-state index in [0.29, 0.717) is 17.1 Å². The molecule has 27 heavy (non-hydrogen) atoms. The van der Waals surface area contributed by atoms with Crippen molar-refractivity contribution < 1.29 is 22.7 Å². The maximum atomic E-state index is 12.1. The van der Waals surface area contributed by atoms with Gasteiger partial charge in [-0.25, -0.2) is 13.2 Å². The molecule has 2 N–H and O–H groups in total. The van der Waals surface area contributed by atoms with Crippen molar-refractivity contribution >= 4 is 44.9 Å². The number of hydrogen-bond donors (Lipinski definition) is 2. The summed E-state index contributed by atoms with van der Waals surface area (Å²) in [7, 11) is -3.47. The lowest BCUT2D eigenvalue weighted by molar-refractivity contribution is -0.119. The lowest BCUT2D eigenvalue weighted by Crippen LogP contribution is -2.21. The SMILES string of the molecule is CCCS(=O)(=O)Nc1cccc(C(=O)OCC(=O)Nc2ccc(Cl)cc2)c1. The molecule has 0 fully saturated rings. The van der Waals surface area contributed by atoms with Crippen LogP contribution in [-0.2, 0) is 19.6 Å². The number of sulfonamides is 1. The zero-order valence-electron chi connectivity index (χ0n) is 14.6. The number of halogens is 1. The molecule has 0 bridgehead atoms. The van der Waals surface area contributed by atoms with Gasteiger partial charge in [0, 0.05) is 16.4 Å². The maximum Gasteiger partial charge on any atom is 0.338 e. The Morgan fingerprint density at radius 2 is 1.78 bits per heavy atom. The number of ether oxygens (including phenoxy) is 1. The molecule has 0 radical (unpaired) electrons. The van der Waals surface area contributed by atoms with E-state index in [0.717, 1.165) is 0 Å². The zero-order valence-corrected chi connectivity index (χ0v) is 16.1. The molecule has 0 aliphatic rings. The fourth-order valence-electron chi connectivity index (χ4n) is 2.15. The van der Waals surface area contributed by atoms with E-state index >= 15 is 0 Å². The lowest BCUT2D eigenvalue weighted by Gasteiger charge is -2.09. The summed E-state index contributed by atoms with van der Waals surface area (Å²) < 4.78 is 31.0. The number of rotatable bonds is 8. The summed E-state index contributed by atoms with van der Waals surface area (Å²) in [6.07, 6.45) is 0.472. The van der Waals surface area contributed by atoms with Gasteiger partial charge in [-0.2, -0.15) is 0 Å². The summed E-state index contributed by atoms with van der Waals surface area (Å²) in [5, 5.41) is 3.10. The highest BCUT2D eigenvalue weighted by atomic mass is 35.5. The molecule has 0 aromatic heterocycles. The lowest BCUT2D eigenvalue weighted by atomic mass is 10.2. The Morgan fingerprint density at radius 3 is 2.44 bits per heavy atom. The average molecular weight is 411 g/mol. The van der Waals surface area contributed by atoms with E-state index in [9.17, 15) is 18.0 Å². The van der Waals surface area contributed by atoms with Crippen molar-refractivity contribution in [2.75, 3.05) is 22.4 Å². The minimum atomic E-state index is -3.47. The van der Waals surface area contributed by atoms with Crippen molar-refractivity contribution in [1.82, 2.24) is 0 Å². The monoisotopic (exact) mass is 410 g/mol. The van der Waals surface area contributed by atoms with Crippen molar-refractivity contribution in [3.63, 3.8) is 0 Å². The van der Waals surface area contributed by atoms with E-state index < -0.39 is 28.5 Å². The van der Waals surface area contributed by atoms with Crippen LogP contribution in [0.15, 0.2) is 48.5 Å². The molecule has 1 amide bonds. The van der Waals surface area contributed by atoms with Gasteiger partial charge in [0.25, 0.3) is 5.91 Å². The molecule has 144 valence electrons. The van der Waals surface area contributed by atoms with Crippen LogP contribution < -0.4 is 10.0 Å². The van der Waals surface area contributed by atoms with Crippen molar-refractivity contribution in [3.05, 3.63) is 59.1 Å². The molecule has 0 unspecified atom stereocenters. The van der Waals surface area contributed by atoms with Crippen LogP contribution in [0.1, 0.15) is 23.7 Å². The van der Waals surface area contributed by atoms with Gasteiger partial charge >= 0.3 is 5.97 Å². The van der Waals surface area contributed by atoms with Gasteiger partial charge in [-0.05, 0) is 48.9 Å². The molecule has 0 spiro atoms. The Hall–Kier alpha value is -2.58. The highest BCUT2D eigenvalue weighted by molar-refractivity contribution is 7.92. The Balaban J connectivity index is 1.92. The standard InChI is InChI=1S/C18H19ClN2O5S/c1-2-10-27(24,25)21-16-5-3-4-13(11-16)18(23)26-12-17(22)20-15-8-6-14(19)7-9-15/h3-9,11,21H,2,10,12H2,1H3,(H,20,22). The van der Waals surface area contributed by atoms with Crippen LogP contribution in [0.4, 0.5) is 11.4 Å². The highest BCUT2D eigenvalue weighted by Gasteiger charge is 2.13. The summed E-state index contributed by atoms with van der Waals surface area (Å²) in [5.41, 5.74) is 0.905. The summed E-state index contributed by atoms with van der Waals surface area (Å²) in [5.74, 6) is -1.27. The van der Waals surface area contributed by atoms with Crippen molar-refractivity contribution in [3.8, 4) is 0 Å². The van der Waals surface area contributed by atoms with E-state index in [1.54, 1.807) is 31.2 Å². The second kappa shape index (κ2) is 9.38. The van der Waals surface area contributed by atoms with Gasteiger partial charge in [0.05, 0.1) is 11.3 Å². The van der Waals surface area contributed by atoms with E-state index in [1.165, 1.54) is 24.3 Å². The van der Waals surface area contributed by atoms with Gasteiger partial charge in [0.2, 0.25) is 10.0 Å². The Morgan fingerprint density at radius 1 is 1.07 bits per heavy atom. The maximum absolute atomic E-state index is 12.1. The molecule has 0 atom stereocenters. The van der Waals surface area contributed by atoms with Gasteiger partial charge in [0.15, 0.2) is 6.61 Å². The van der Waals surface area contributed by atoms with Crippen LogP contribution in [-0.4, -0.2) is 32.7 Å². The highest BCUT2D eigenvalue weighted by Crippen LogP contribution is 2.15. The minimum Gasteiger partial charge on any atom is -0.452 e. The first-order valence-corrected chi connectivity index (χ1v) is 10.1. The zero-order chi connectivity index (χ0) is 19.9. The van der Waals surface area contributed by atoms with Crippen molar-refractivity contribution in [2.24, 2.45) is 0 Å². The molecule has 9 heteroatoms. The Labute approximate surface area is 162 Å². The first-order chi connectivity index (χ1) is 12.8. The van der Waals surface area contributed by atoms with Crippen LogP contribution in [0, 0.1) is 0 Å². The van der Waals surface area contributed by atoms with E-state index in [2.05, 4.69) is 10.0 Å². The molecule has 7 nitrogen and oxygen atoms in total. The van der Waals surface area contributed by atoms with Gasteiger partial charge in [-0.15, -0.1) is 0 Å². The van der Waals surface area contributed by atoms with Crippen LogP contribution in [0.3, 0.4) is 0 Å². The fourth-order valence-corrected chi connectivity index (χ4v) is 3.41. The molecule has 0 saturated carbocycles. The third-order valence-corrected chi connectivity index (χ3v) is 5.05. The first-order valence-electron chi connectivity index (χ1n) is 8.12. The number of nitrogens with one attached hydrogen (secondary N) is 2. The number of anilines is 2.